The minimum atomic E-state index is -0.0330. The Balaban J connectivity index is 1.29. The number of amides is 1. The molecule has 0 radical (unpaired) electrons. The monoisotopic (exact) mass is 470 g/mol. The second-order valence-corrected chi connectivity index (χ2v) is 9.34. The van der Waals surface area contributed by atoms with Crippen LogP contribution >= 0.6 is 23.4 Å². The quantitative estimate of drug-likeness (QED) is 0.474. The summed E-state index contributed by atoms with van der Waals surface area (Å²) in [5, 5.41) is 12.7. The molecule has 0 bridgehead atoms. The van der Waals surface area contributed by atoms with Crippen molar-refractivity contribution in [3.8, 4) is 5.75 Å². The van der Waals surface area contributed by atoms with Crippen LogP contribution in [0.4, 0.5) is 0 Å². The molecule has 0 saturated heterocycles. The lowest BCUT2D eigenvalue weighted by molar-refractivity contribution is -0.119. The molecule has 32 heavy (non-hydrogen) atoms. The Labute approximate surface area is 197 Å². The van der Waals surface area contributed by atoms with Gasteiger partial charge in [-0.25, -0.2) is 0 Å². The standard InChI is InChI=1S/C24H27ClN4O2S/c1-16(18-12-11-17-7-3-4-8-19(17)13-18)26-23(30)15-32-24-28-27-22(29(24)2)14-31-21-10-6-5-9-20(21)25/h5-6,9-13,16H,3-4,7-8,14-15H2,1-2H3,(H,26,30). The Morgan fingerprint density at radius 2 is 1.97 bits per heavy atom. The van der Waals surface area contributed by atoms with E-state index in [-0.39, 0.29) is 24.3 Å². The lowest BCUT2D eigenvalue weighted by Gasteiger charge is -2.20. The van der Waals surface area contributed by atoms with Crippen LogP contribution in [-0.4, -0.2) is 26.4 Å². The first-order chi connectivity index (χ1) is 15.5. The first-order valence-corrected chi connectivity index (χ1v) is 12.2. The van der Waals surface area contributed by atoms with Gasteiger partial charge >= 0.3 is 0 Å². The van der Waals surface area contributed by atoms with Crippen molar-refractivity contribution in [3.63, 3.8) is 0 Å². The number of nitrogens with one attached hydrogen (secondary N) is 1. The number of hydrogen-bond acceptors (Lipinski definition) is 5. The van der Waals surface area contributed by atoms with E-state index in [9.17, 15) is 4.79 Å². The van der Waals surface area contributed by atoms with Gasteiger partial charge in [0.1, 0.15) is 12.4 Å². The fourth-order valence-corrected chi connectivity index (χ4v) is 4.75. The number of rotatable bonds is 8. The van der Waals surface area contributed by atoms with E-state index < -0.39 is 0 Å². The largest absolute Gasteiger partial charge is 0.484 e. The summed E-state index contributed by atoms with van der Waals surface area (Å²) in [5.41, 5.74) is 4.03. The summed E-state index contributed by atoms with van der Waals surface area (Å²) in [5.74, 6) is 1.50. The van der Waals surface area contributed by atoms with Crippen LogP contribution in [0.5, 0.6) is 5.75 Å². The van der Waals surface area contributed by atoms with E-state index in [4.69, 9.17) is 16.3 Å². The topological polar surface area (TPSA) is 69.0 Å². The average molecular weight is 471 g/mol. The zero-order chi connectivity index (χ0) is 22.5. The Hall–Kier alpha value is -2.51. The summed E-state index contributed by atoms with van der Waals surface area (Å²) in [6, 6.07) is 13.9. The van der Waals surface area contributed by atoms with E-state index in [2.05, 4.69) is 33.7 Å². The van der Waals surface area contributed by atoms with Gasteiger partial charge in [0, 0.05) is 7.05 Å². The number of hydrogen-bond donors (Lipinski definition) is 1. The predicted octanol–water partition coefficient (Wildman–Crippen LogP) is 4.90. The van der Waals surface area contributed by atoms with E-state index in [1.807, 2.05) is 36.7 Å². The van der Waals surface area contributed by atoms with E-state index >= 15 is 0 Å². The molecular weight excluding hydrogens is 444 g/mol. The second-order valence-electron chi connectivity index (χ2n) is 7.99. The number of nitrogens with zero attached hydrogens (tertiary/aromatic N) is 3. The number of carbonyl (C=O) groups excluding carboxylic acids is 1. The highest BCUT2D eigenvalue weighted by molar-refractivity contribution is 7.99. The Kier molecular flexibility index (Phi) is 7.37. The van der Waals surface area contributed by atoms with E-state index in [1.165, 1.54) is 35.7 Å². The van der Waals surface area contributed by atoms with Crippen LogP contribution in [0.25, 0.3) is 0 Å². The maximum absolute atomic E-state index is 12.5. The van der Waals surface area contributed by atoms with Gasteiger partial charge in [-0.3, -0.25) is 4.79 Å². The molecule has 0 aliphatic heterocycles. The molecule has 8 heteroatoms. The third kappa shape index (κ3) is 5.45. The zero-order valence-corrected chi connectivity index (χ0v) is 19.9. The lowest BCUT2D eigenvalue weighted by Crippen LogP contribution is -2.28. The molecule has 3 aromatic rings. The number of ether oxygens (including phenoxy) is 1. The van der Waals surface area contributed by atoms with Crippen molar-refractivity contribution in [2.75, 3.05) is 5.75 Å². The van der Waals surface area contributed by atoms with E-state index in [1.54, 1.807) is 6.07 Å². The molecule has 2 aromatic carbocycles. The molecule has 1 N–H and O–H groups in total. The van der Waals surface area contributed by atoms with Gasteiger partial charge < -0.3 is 14.6 Å². The fourth-order valence-electron chi connectivity index (χ4n) is 3.82. The Bertz CT molecular complexity index is 1100. The highest BCUT2D eigenvalue weighted by Crippen LogP contribution is 2.26. The maximum atomic E-state index is 12.5. The number of aromatic nitrogens is 3. The first kappa shape index (κ1) is 22.7. The molecule has 0 fully saturated rings. The summed E-state index contributed by atoms with van der Waals surface area (Å²) < 4.78 is 7.57. The number of halogens is 1. The third-order valence-electron chi connectivity index (χ3n) is 5.70. The molecule has 1 aliphatic carbocycles. The number of aryl methyl sites for hydroxylation is 2. The Morgan fingerprint density at radius 1 is 1.19 bits per heavy atom. The van der Waals surface area contributed by atoms with Crippen molar-refractivity contribution in [1.29, 1.82) is 0 Å². The van der Waals surface area contributed by atoms with Gasteiger partial charge in [-0.05, 0) is 61.4 Å². The third-order valence-corrected chi connectivity index (χ3v) is 7.03. The minimum Gasteiger partial charge on any atom is -0.484 e. The van der Waals surface area contributed by atoms with Gasteiger partial charge in [0.15, 0.2) is 11.0 Å². The summed E-state index contributed by atoms with van der Waals surface area (Å²) in [4.78, 5) is 12.5. The molecule has 1 aliphatic rings. The number of para-hydroxylation sites is 1. The predicted molar refractivity (Wildman–Crippen MR) is 127 cm³/mol. The SMILES string of the molecule is CC(NC(=O)CSc1nnc(COc2ccccc2Cl)n1C)c1ccc2c(c1)CCCC2. The molecule has 1 aromatic heterocycles. The molecular formula is C24H27ClN4O2S. The van der Waals surface area contributed by atoms with Crippen molar-refractivity contribution < 1.29 is 9.53 Å². The lowest BCUT2D eigenvalue weighted by atomic mass is 9.89. The van der Waals surface area contributed by atoms with Gasteiger partial charge in [-0.15, -0.1) is 10.2 Å². The summed E-state index contributed by atoms with van der Waals surface area (Å²) >= 11 is 7.48. The van der Waals surface area contributed by atoms with Crippen LogP contribution in [-0.2, 0) is 31.3 Å². The smallest absolute Gasteiger partial charge is 0.230 e. The molecule has 1 heterocycles. The number of fused-ring (bicyclic) bond motifs is 1. The molecule has 1 amide bonds. The van der Waals surface area contributed by atoms with E-state index in [0.717, 1.165) is 18.4 Å². The van der Waals surface area contributed by atoms with Crippen molar-refractivity contribution in [2.24, 2.45) is 7.05 Å². The van der Waals surface area contributed by atoms with Crippen LogP contribution in [0.2, 0.25) is 5.02 Å². The van der Waals surface area contributed by atoms with Crippen molar-refractivity contribution in [1.82, 2.24) is 20.1 Å². The van der Waals surface area contributed by atoms with Crippen molar-refractivity contribution in [2.45, 2.75) is 50.4 Å². The van der Waals surface area contributed by atoms with Crippen LogP contribution in [0.1, 0.15) is 48.3 Å². The second kappa shape index (κ2) is 10.4. The molecule has 1 unspecified atom stereocenters. The van der Waals surface area contributed by atoms with Crippen LogP contribution in [0.3, 0.4) is 0 Å². The maximum Gasteiger partial charge on any atom is 0.230 e. The van der Waals surface area contributed by atoms with Gasteiger partial charge in [-0.2, -0.15) is 0 Å². The number of benzene rings is 2. The fraction of sp³-hybridized carbons (Fsp3) is 0.375. The summed E-state index contributed by atoms with van der Waals surface area (Å²) in [7, 11) is 1.86. The average Bonchev–Trinajstić information content (AvgIpc) is 3.16. The van der Waals surface area contributed by atoms with Crippen molar-refractivity contribution >= 4 is 29.3 Å². The minimum absolute atomic E-state index is 0.0305. The molecule has 6 nitrogen and oxygen atoms in total. The Morgan fingerprint density at radius 3 is 2.78 bits per heavy atom. The highest BCUT2D eigenvalue weighted by Gasteiger charge is 2.16. The van der Waals surface area contributed by atoms with Gasteiger partial charge in [0.25, 0.3) is 0 Å². The molecule has 1 atom stereocenters. The van der Waals surface area contributed by atoms with Crippen LogP contribution in [0, 0.1) is 0 Å². The molecule has 0 spiro atoms. The van der Waals surface area contributed by atoms with Gasteiger partial charge in [0.05, 0.1) is 16.8 Å². The summed E-state index contributed by atoms with van der Waals surface area (Å²) in [6.45, 7) is 2.27. The molecule has 4 rings (SSSR count). The van der Waals surface area contributed by atoms with E-state index in [0.29, 0.717) is 21.8 Å². The highest BCUT2D eigenvalue weighted by atomic mass is 35.5. The van der Waals surface area contributed by atoms with Gasteiger partial charge in [0.2, 0.25) is 5.91 Å². The van der Waals surface area contributed by atoms with Crippen molar-refractivity contribution in [3.05, 3.63) is 70.0 Å². The zero-order valence-electron chi connectivity index (χ0n) is 18.3. The first-order valence-electron chi connectivity index (χ1n) is 10.8. The van der Waals surface area contributed by atoms with Gasteiger partial charge in [-0.1, -0.05) is 53.7 Å². The molecule has 0 saturated carbocycles. The number of thioether (sulfide) groups is 1. The van der Waals surface area contributed by atoms with Crippen LogP contribution in [0.15, 0.2) is 47.6 Å². The summed E-state index contributed by atoms with van der Waals surface area (Å²) in [6.07, 6.45) is 4.81. The normalized spacial score (nSPS) is 14.0. The van der Waals surface area contributed by atoms with Crippen LogP contribution < -0.4 is 10.1 Å². The number of carbonyl (C=O) groups is 1. The molecule has 168 valence electrons.